The molecule has 5 heterocycles. The SMILES string of the molecule is CN1CCC(N2CCN(C3(CC=O)CC(N4Cc5sccc5NC4=O)CC[N@+]3(Cc3ccc(Br)c(Br)c3)C(=O)O)CC2)CC1. The van der Waals surface area contributed by atoms with E-state index in [2.05, 4.69) is 58.9 Å². The molecule has 238 valence electrons. The van der Waals surface area contributed by atoms with Gasteiger partial charge in [0.05, 0.1) is 25.2 Å². The molecular weight excluding hydrogens is 712 g/mol. The van der Waals surface area contributed by atoms with Gasteiger partial charge in [-0.1, -0.05) is 6.07 Å². The Hall–Kier alpha value is -1.87. The summed E-state index contributed by atoms with van der Waals surface area (Å²) in [7, 11) is 2.17. The van der Waals surface area contributed by atoms with Crippen molar-refractivity contribution >= 4 is 67.3 Å². The average molecular weight is 754 g/mol. The van der Waals surface area contributed by atoms with Crippen LogP contribution in [0.15, 0.2) is 38.6 Å². The van der Waals surface area contributed by atoms with Gasteiger partial charge in [-0.25, -0.2) is 14.2 Å². The van der Waals surface area contributed by atoms with E-state index in [9.17, 15) is 19.5 Å². The summed E-state index contributed by atoms with van der Waals surface area (Å²) in [6.07, 6.45) is 3.30. The predicted molar refractivity (Wildman–Crippen MR) is 178 cm³/mol. The second-order valence-electron chi connectivity index (χ2n) is 12.8. The number of piperidine rings is 2. The van der Waals surface area contributed by atoms with Crippen LogP contribution >= 0.6 is 43.2 Å². The summed E-state index contributed by atoms with van der Waals surface area (Å²) in [5, 5.41) is 16.2. The highest BCUT2D eigenvalue weighted by molar-refractivity contribution is 9.13. The highest BCUT2D eigenvalue weighted by Crippen LogP contribution is 2.46. The third-order valence-electron chi connectivity index (χ3n) is 10.5. The lowest BCUT2D eigenvalue weighted by atomic mass is 9.82. The number of hydrogen-bond acceptors (Lipinski definition) is 7. The topological polar surface area (TPSA) is 96.4 Å². The molecular formula is C31H41Br2N6O4S+. The van der Waals surface area contributed by atoms with E-state index in [0.29, 0.717) is 45.1 Å². The van der Waals surface area contributed by atoms with Gasteiger partial charge in [0.2, 0.25) is 0 Å². The van der Waals surface area contributed by atoms with E-state index >= 15 is 0 Å². The first-order chi connectivity index (χ1) is 21.2. The van der Waals surface area contributed by atoms with E-state index < -0.39 is 11.8 Å². The molecule has 2 unspecified atom stereocenters. The maximum absolute atomic E-state index is 13.7. The first-order valence-electron chi connectivity index (χ1n) is 15.5. The summed E-state index contributed by atoms with van der Waals surface area (Å²) < 4.78 is 1.50. The van der Waals surface area contributed by atoms with Crippen LogP contribution in [0.25, 0.3) is 0 Å². The molecule has 13 heteroatoms. The number of likely N-dealkylation sites (tertiary alicyclic amines) is 2. The molecule has 3 saturated heterocycles. The van der Waals surface area contributed by atoms with Crippen molar-refractivity contribution in [2.24, 2.45) is 0 Å². The number of amides is 3. The molecule has 44 heavy (non-hydrogen) atoms. The van der Waals surface area contributed by atoms with Gasteiger partial charge in [0.1, 0.15) is 12.8 Å². The number of urea groups is 1. The summed E-state index contributed by atoms with van der Waals surface area (Å²) in [6, 6.07) is 7.98. The molecule has 0 saturated carbocycles. The molecule has 4 aliphatic rings. The molecule has 6 rings (SSSR count). The molecule has 3 atom stereocenters. The number of quaternary nitrogens is 1. The van der Waals surface area contributed by atoms with Crippen LogP contribution in [0.2, 0.25) is 0 Å². The van der Waals surface area contributed by atoms with Gasteiger partial charge in [0, 0.05) is 70.5 Å². The van der Waals surface area contributed by atoms with Gasteiger partial charge in [-0.15, -0.1) is 11.3 Å². The minimum absolute atomic E-state index is 0.0848. The van der Waals surface area contributed by atoms with Crippen LogP contribution in [0.4, 0.5) is 15.3 Å². The number of hydrogen-bond donors (Lipinski definition) is 2. The number of anilines is 1. The number of rotatable bonds is 7. The smallest absolute Gasteiger partial charge is 0.435 e. The number of piperazine rings is 1. The third-order valence-corrected chi connectivity index (χ3v) is 13.3. The predicted octanol–water partition coefficient (Wildman–Crippen LogP) is 5.48. The molecule has 1 aromatic heterocycles. The summed E-state index contributed by atoms with van der Waals surface area (Å²) in [6.45, 7) is 6.29. The Kier molecular flexibility index (Phi) is 9.55. The lowest BCUT2D eigenvalue weighted by Crippen LogP contribution is -2.79. The lowest BCUT2D eigenvalue weighted by molar-refractivity contribution is -0.942. The van der Waals surface area contributed by atoms with Crippen LogP contribution in [-0.2, 0) is 17.9 Å². The van der Waals surface area contributed by atoms with Crippen molar-refractivity contribution < 1.29 is 24.0 Å². The Balaban J connectivity index is 1.35. The summed E-state index contributed by atoms with van der Waals surface area (Å²) >= 11 is 8.76. The highest BCUT2D eigenvalue weighted by Gasteiger charge is 2.64. The number of carbonyl (C=O) groups excluding carboxylic acids is 2. The van der Waals surface area contributed by atoms with Crippen molar-refractivity contribution in [2.45, 2.75) is 62.9 Å². The molecule has 4 aliphatic heterocycles. The van der Waals surface area contributed by atoms with Crippen molar-refractivity contribution in [3.05, 3.63) is 49.0 Å². The fourth-order valence-corrected chi connectivity index (χ4v) is 9.58. The van der Waals surface area contributed by atoms with Crippen LogP contribution in [0.1, 0.15) is 42.5 Å². The van der Waals surface area contributed by atoms with Gasteiger partial charge in [-0.05, 0) is 88.4 Å². The number of thiophene rings is 1. The van der Waals surface area contributed by atoms with Gasteiger partial charge in [0.15, 0.2) is 5.66 Å². The zero-order valence-electron chi connectivity index (χ0n) is 25.1. The fraction of sp³-hybridized carbons (Fsp3) is 0.581. The minimum Gasteiger partial charge on any atom is -0.435 e. The Morgan fingerprint density at radius 2 is 1.84 bits per heavy atom. The Morgan fingerprint density at radius 1 is 1.09 bits per heavy atom. The second kappa shape index (κ2) is 13.1. The number of benzene rings is 1. The molecule has 2 N–H and O–H groups in total. The maximum Gasteiger partial charge on any atom is 0.515 e. The number of aldehydes is 1. The number of carbonyl (C=O) groups is 3. The molecule has 0 bridgehead atoms. The van der Waals surface area contributed by atoms with Crippen molar-refractivity contribution in [1.29, 1.82) is 0 Å². The molecule has 0 aliphatic carbocycles. The maximum atomic E-state index is 13.7. The summed E-state index contributed by atoms with van der Waals surface area (Å²) in [5.41, 5.74) is 0.734. The van der Waals surface area contributed by atoms with Crippen molar-refractivity contribution in [1.82, 2.24) is 19.6 Å². The normalized spacial score (nSPS) is 29.3. The van der Waals surface area contributed by atoms with E-state index in [4.69, 9.17) is 0 Å². The molecule has 0 spiro atoms. The number of fused-ring (bicyclic) bond motifs is 1. The highest BCUT2D eigenvalue weighted by atomic mass is 79.9. The average Bonchev–Trinajstić information content (AvgIpc) is 3.47. The standard InChI is InChI=1S/C31H40Br2N6O4S/c1-35-9-4-23(5-10-35)36-11-13-37(14-12-36)31(8-16-40)19-24(38-20-28-27(7-17-44-28)34-29(38)41)6-15-39(31,30(42)43)21-22-2-3-25(32)26(33)18-22/h2-3,7,16-18,23-24H,4-6,8-15,19-21H2,1H3,(H-,34,41,42,43)/p+1/t24?,31?,39-/m0/s1. The minimum atomic E-state index is -1.01. The van der Waals surface area contributed by atoms with E-state index in [-0.39, 0.29) is 29.5 Å². The Labute approximate surface area is 279 Å². The van der Waals surface area contributed by atoms with Gasteiger partial charge in [0.25, 0.3) is 0 Å². The molecule has 3 fully saturated rings. The summed E-state index contributed by atoms with van der Waals surface area (Å²) in [4.78, 5) is 50.0. The van der Waals surface area contributed by atoms with Crippen molar-refractivity contribution in [3.8, 4) is 0 Å². The zero-order chi connectivity index (χ0) is 31.1. The van der Waals surface area contributed by atoms with Crippen LogP contribution in [-0.4, -0.2) is 118 Å². The van der Waals surface area contributed by atoms with Crippen LogP contribution in [0.3, 0.4) is 0 Å². The number of halogens is 2. The lowest BCUT2D eigenvalue weighted by Gasteiger charge is -2.60. The molecule has 3 amide bonds. The Bertz CT molecular complexity index is 1390. The monoisotopic (exact) mass is 751 g/mol. The number of nitrogens with one attached hydrogen (secondary N) is 1. The fourth-order valence-electron chi connectivity index (χ4n) is 8.08. The largest absolute Gasteiger partial charge is 0.515 e. The van der Waals surface area contributed by atoms with Gasteiger partial charge in [-0.2, -0.15) is 4.79 Å². The molecule has 1 aromatic carbocycles. The zero-order valence-corrected chi connectivity index (χ0v) is 29.1. The van der Waals surface area contributed by atoms with Crippen molar-refractivity contribution in [2.75, 3.05) is 58.2 Å². The number of nitrogens with zero attached hydrogens (tertiary/aromatic N) is 5. The Morgan fingerprint density at radius 3 is 2.52 bits per heavy atom. The molecule has 2 aromatic rings. The van der Waals surface area contributed by atoms with Gasteiger partial charge < -0.3 is 25.0 Å². The second-order valence-corrected chi connectivity index (χ2v) is 15.5. The first-order valence-corrected chi connectivity index (χ1v) is 17.9. The van der Waals surface area contributed by atoms with Crippen LogP contribution < -0.4 is 5.32 Å². The van der Waals surface area contributed by atoms with E-state index in [1.54, 1.807) is 11.3 Å². The van der Waals surface area contributed by atoms with Gasteiger partial charge in [-0.3, -0.25) is 4.90 Å². The van der Waals surface area contributed by atoms with Crippen molar-refractivity contribution in [3.63, 3.8) is 0 Å². The van der Waals surface area contributed by atoms with Gasteiger partial charge >= 0.3 is 12.1 Å². The first kappa shape index (κ1) is 32.1. The van der Waals surface area contributed by atoms with E-state index in [1.165, 1.54) is 0 Å². The van der Waals surface area contributed by atoms with E-state index in [1.807, 2.05) is 34.5 Å². The summed E-state index contributed by atoms with van der Waals surface area (Å²) in [5.74, 6) is 0. The quantitative estimate of drug-likeness (QED) is 0.286. The van der Waals surface area contributed by atoms with E-state index in [0.717, 1.165) is 70.4 Å². The molecule has 0 radical (unpaired) electrons. The molecule has 10 nitrogen and oxygen atoms in total. The third kappa shape index (κ3) is 5.89. The number of carboxylic acid groups (broad SMARTS) is 1. The van der Waals surface area contributed by atoms with Crippen LogP contribution in [0, 0.1) is 0 Å². The van der Waals surface area contributed by atoms with Crippen LogP contribution in [0.5, 0.6) is 0 Å².